The first kappa shape index (κ1) is 16.2. The van der Waals surface area contributed by atoms with Crippen LogP contribution in [0.5, 0.6) is 0 Å². The van der Waals surface area contributed by atoms with Gasteiger partial charge in [-0.2, -0.15) is 0 Å². The van der Waals surface area contributed by atoms with Crippen molar-refractivity contribution in [3.8, 4) is 0 Å². The van der Waals surface area contributed by atoms with Gasteiger partial charge in [-0.15, -0.1) is 0 Å². The molecule has 0 heterocycles. The summed E-state index contributed by atoms with van der Waals surface area (Å²) in [5.41, 5.74) is 2.80. The standard InChI is InChI=1S/C17H30N2/c1-14(2)16-8-10-17(11-9-16)15(3)18-12-6-7-13-19(4)5/h8-11,14-15,18H,6-7,12-13H2,1-5H3. The third-order valence-electron chi connectivity index (χ3n) is 3.59. The molecule has 0 aromatic heterocycles. The van der Waals surface area contributed by atoms with Crippen molar-refractivity contribution < 1.29 is 0 Å². The van der Waals surface area contributed by atoms with Gasteiger partial charge in [-0.3, -0.25) is 0 Å². The van der Waals surface area contributed by atoms with Gasteiger partial charge < -0.3 is 10.2 Å². The van der Waals surface area contributed by atoms with E-state index >= 15 is 0 Å². The molecule has 0 aliphatic rings. The number of hydrogen-bond acceptors (Lipinski definition) is 2. The van der Waals surface area contributed by atoms with Crippen LogP contribution in [-0.2, 0) is 0 Å². The molecule has 108 valence electrons. The first-order chi connectivity index (χ1) is 9.00. The van der Waals surface area contributed by atoms with Crippen molar-refractivity contribution in [1.82, 2.24) is 10.2 Å². The minimum Gasteiger partial charge on any atom is -0.310 e. The molecule has 1 aromatic carbocycles. The van der Waals surface area contributed by atoms with Crippen LogP contribution in [0.2, 0.25) is 0 Å². The van der Waals surface area contributed by atoms with Crippen molar-refractivity contribution in [2.75, 3.05) is 27.2 Å². The van der Waals surface area contributed by atoms with Crippen molar-refractivity contribution in [3.63, 3.8) is 0 Å². The van der Waals surface area contributed by atoms with Gasteiger partial charge in [0, 0.05) is 6.04 Å². The smallest absolute Gasteiger partial charge is 0.0291 e. The molecule has 0 spiro atoms. The number of nitrogens with zero attached hydrogens (tertiary/aromatic N) is 1. The van der Waals surface area contributed by atoms with E-state index in [1.807, 2.05) is 0 Å². The molecule has 2 heteroatoms. The monoisotopic (exact) mass is 262 g/mol. The van der Waals surface area contributed by atoms with E-state index in [2.05, 4.69) is 69.3 Å². The van der Waals surface area contributed by atoms with E-state index in [-0.39, 0.29) is 0 Å². The molecule has 2 nitrogen and oxygen atoms in total. The molecular formula is C17H30N2. The Morgan fingerprint density at radius 3 is 2.05 bits per heavy atom. The van der Waals surface area contributed by atoms with Gasteiger partial charge in [-0.25, -0.2) is 0 Å². The van der Waals surface area contributed by atoms with E-state index in [4.69, 9.17) is 0 Å². The Balaban J connectivity index is 2.31. The summed E-state index contributed by atoms with van der Waals surface area (Å²) >= 11 is 0. The third-order valence-corrected chi connectivity index (χ3v) is 3.59. The molecule has 0 radical (unpaired) electrons. The SMILES string of the molecule is CC(C)c1ccc(C(C)NCCCCN(C)C)cc1. The van der Waals surface area contributed by atoms with Crippen LogP contribution in [0.4, 0.5) is 0 Å². The number of nitrogens with one attached hydrogen (secondary N) is 1. The molecule has 1 rings (SSSR count). The van der Waals surface area contributed by atoms with Gasteiger partial charge in [0.05, 0.1) is 0 Å². The molecule has 0 aliphatic carbocycles. The Morgan fingerprint density at radius 1 is 0.947 bits per heavy atom. The van der Waals surface area contributed by atoms with Gasteiger partial charge in [0.25, 0.3) is 0 Å². The van der Waals surface area contributed by atoms with E-state index in [0.717, 1.165) is 6.54 Å². The van der Waals surface area contributed by atoms with Crippen LogP contribution in [0, 0.1) is 0 Å². The average molecular weight is 262 g/mol. The predicted octanol–water partition coefficient (Wildman–Crippen LogP) is 3.80. The summed E-state index contributed by atoms with van der Waals surface area (Å²) in [6.07, 6.45) is 2.51. The Bertz CT molecular complexity index is 341. The fourth-order valence-corrected chi connectivity index (χ4v) is 2.16. The molecule has 1 N–H and O–H groups in total. The molecule has 1 atom stereocenters. The largest absolute Gasteiger partial charge is 0.310 e. The Labute approximate surface area is 119 Å². The topological polar surface area (TPSA) is 15.3 Å². The van der Waals surface area contributed by atoms with Gasteiger partial charge >= 0.3 is 0 Å². The summed E-state index contributed by atoms with van der Waals surface area (Å²) in [5, 5.41) is 3.60. The Hall–Kier alpha value is -0.860. The van der Waals surface area contributed by atoms with Crippen LogP contribution in [0.25, 0.3) is 0 Å². The summed E-state index contributed by atoms with van der Waals surface area (Å²) < 4.78 is 0. The fourth-order valence-electron chi connectivity index (χ4n) is 2.16. The maximum Gasteiger partial charge on any atom is 0.0291 e. The number of hydrogen-bond donors (Lipinski definition) is 1. The highest BCUT2D eigenvalue weighted by atomic mass is 15.0. The second-order valence-corrected chi connectivity index (χ2v) is 6.01. The summed E-state index contributed by atoms with van der Waals surface area (Å²) in [4.78, 5) is 2.24. The fraction of sp³-hybridized carbons (Fsp3) is 0.647. The second kappa shape index (κ2) is 8.34. The molecule has 0 fully saturated rings. The van der Waals surface area contributed by atoms with Gasteiger partial charge in [-0.1, -0.05) is 38.1 Å². The zero-order valence-corrected chi connectivity index (χ0v) is 13.2. The van der Waals surface area contributed by atoms with Crippen molar-refractivity contribution in [2.45, 2.75) is 45.6 Å². The lowest BCUT2D eigenvalue weighted by atomic mass is 9.99. The van der Waals surface area contributed by atoms with Crippen LogP contribution >= 0.6 is 0 Å². The lowest BCUT2D eigenvalue weighted by Crippen LogP contribution is -2.21. The number of benzene rings is 1. The predicted molar refractivity (Wildman–Crippen MR) is 84.7 cm³/mol. The lowest BCUT2D eigenvalue weighted by molar-refractivity contribution is 0.389. The van der Waals surface area contributed by atoms with E-state index in [1.54, 1.807) is 0 Å². The number of unbranched alkanes of at least 4 members (excludes halogenated alkanes) is 1. The van der Waals surface area contributed by atoms with Crippen LogP contribution in [0.1, 0.15) is 56.7 Å². The molecule has 0 saturated heterocycles. The quantitative estimate of drug-likeness (QED) is 0.717. The maximum absolute atomic E-state index is 3.60. The Kier molecular flexibility index (Phi) is 7.11. The maximum atomic E-state index is 3.60. The summed E-state index contributed by atoms with van der Waals surface area (Å²) in [6, 6.07) is 9.47. The van der Waals surface area contributed by atoms with Crippen molar-refractivity contribution >= 4 is 0 Å². The molecule has 1 aromatic rings. The van der Waals surface area contributed by atoms with Crippen LogP contribution in [0.15, 0.2) is 24.3 Å². The van der Waals surface area contributed by atoms with E-state index < -0.39 is 0 Å². The van der Waals surface area contributed by atoms with Crippen LogP contribution < -0.4 is 5.32 Å². The van der Waals surface area contributed by atoms with E-state index in [0.29, 0.717) is 12.0 Å². The second-order valence-electron chi connectivity index (χ2n) is 6.01. The third kappa shape index (κ3) is 6.22. The minimum atomic E-state index is 0.445. The van der Waals surface area contributed by atoms with Gasteiger partial charge in [0.1, 0.15) is 0 Å². The highest BCUT2D eigenvalue weighted by Crippen LogP contribution is 2.18. The average Bonchev–Trinajstić information content (AvgIpc) is 2.37. The lowest BCUT2D eigenvalue weighted by Gasteiger charge is -2.16. The van der Waals surface area contributed by atoms with E-state index in [9.17, 15) is 0 Å². The molecule has 0 saturated carbocycles. The molecule has 0 aliphatic heterocycles. The normalized spacial score (nSPS) is 13.2. The summed E-state index contributed by atoms with van der Waals surface area (Å²) in [7, 11) is 4.26. The highest BCUT2D eigenvalue weighted by molar-refractivity contribution is 5.26. The Morgan fingerprint density at radius 2 is 1.53 bits per heavy atom. The minimum absolute atomic E-state index is 0.445. The number of rotatable bonds is 8. The molecule has 0 bridgehead atoms. The van der Waals surface area contributed by atoms with Gasteiger partial charge in [-0.05, 0) is 64.0 Å². The van der Waals surface area contributed by atoms with Gasteiger partial charge in [0.15, 0.2) is 0 Å². The molecule has 0 amide bonds. The van der Waals surface area contributed by atoms with Gasteiger partial charge in [0.2, 0.25) is 0 Å². The molecular weight excluding hydrogens is 232 g/mol. The van der Waals surface area contributed by atoms with Crippen molar-refractivity contribution in [1.29, 1.82) is 0 Å². The highest BCUT2D eigenvalue weighted by Gasteiger charge is 2.05. The summed E-state index contributed by atoms with van der Waals surface area (Å²) in [5.74, 6) is 0.614. The van der Waals surface area contributed by atoms with Crippen LogP contribution in [0.3, 0.4) is 0 Å². The van der Waals surface area contributed by atoms with Crippen LogP contribution in [-0.4, -0.2) is 32.1 Å². The first-order valence-corrected chi connectivity index (χ1v) is 7.48. The molecule has 1 unspecified atom stereocenters. The van der Waals surface area contributed by atoms with Crippen molar-refractivity contribution in [3.05, 3.63) is 35.4 Å². The van der Waals surface area contributed by atoms with E-state index in [1.165, 1.54) is 30.5 Å². The zero-order chi connectivity index (χ0) is 14.3. The molecule has 19 heavy (non-hydrogen) atoms. The van der Waals surface area contributed by atoms with Crippen molar-refractivity contribution in [2.24, 2.45) is 0 Å². The summed E-state index contributed by atoms with van der Waals surface area (Å²) in [6.45, 7) is 9.00. The zero-order valence-electron chi connectivity index (χ0n) is 13.2. The first-order valence-electron chi connectivity index (χ1n) is 7.48.